The van der Waals surface area contributed by atoms with Crippen LogP contribution in [0.4, 0.5) is 19.1 Å². The Balaban J connectivity index is 1.77. The van der Waals surface area contributed by atoms with Gasteiger partial charge < -0.3 is 14.8 Å². The number of hydrogen-bond donors (Lipinski definition) is 1. The average Bonchev–Trinajstić information content (AvgIpc) is 3.16. The molecule has 1 N–H and O–H groups in total. The summed E-state index contributed by atoms with van der Waals surface area (Å²) in [6.45, 7) is 1.93. The third-order valence-electron chi connectivity index (χ3n) is 5.56. The number of H-pyrrole nitrogens is 1. The number of aromatic nitrogens is 4. The first kappa shape index (κ1) is 20.1. The van der Waals surface area contributed by atoms with Gasteiger partial charge in [-0.2, -0.15) is 18.4 Å². The fourth-order valence-electron chi connectivity index (χ4n) is 3.73. The molecule has 0 spiro atoms. The summed E-state index contributed by atoms with van der Waals surface area (Å²) >= 11 is 0. The number of aromatic amines is 1. The van der Waals surface area contributed by atoms with Crippen LogP contribution in [-0.2, 0) is 6.18 Å². The van der Waals surface area contributed by atoms with Gasteiger partial charge in [0.2, 0.25) is 5.95 Å². The van der Waals surface area contributed by atoms with Crippen LogP contribution in [0.25, 0.3) is 22.3 Å². The van der Waals surface area contributed by atoms with E-state index in [0.717, 1.165) is 38.2 Å². The van der Waals surface area contributed by atoms with E-state index in [1.807, 2.05) is 18.0 Å². The third-order valence-corrected chi connectivity index (χ3v) is 5.56. The number of alkyl halides is 3. The van der Waals surface area contributed by atoms with Crippen molar-refractivity contribution in [2.45, 2.75) is 25.1 Å². The van der Waals surface area contributed by atoms with Gasteiger partial charge in [0.1, 0.15) is 11.7 Å². The van der Waals surface area contributed by atoms with E-state index in [4.69, 9.17) is 0 Å². The number of rotatable bonds is 3. The Bertz CT molecular complexity index is 1110. The third kappa shape index (κ3) is 3.68. The van der Waals surface area contributed by atoms with E-state index < -0.39 is 11.7 Å². The lowest BCUT2D eigenvalue weighted by atomic mass is 10.0. The summed E-state index contributed by atoms with van der Waals surface area (Å²) < 4.78 is 39.5. The highest BCUT2D eigenvalue weighted by molar-refractivity contribution is 5.94. The molecule has 1 saturated heterocycles. The monoisotopic (exact) mass is 415 g/mol. The molecule has 3 aromatic rings. The molecule has 0 unspecified atom stereocenters. The summed E-state index contributed by atoms with van der Waals surface area (Å²) in [7, 11) is 3.98. The molecule has 0 saturated carbocycles. The summed E-state index contributed by atoms with van der Waals surface area (Å²) in [5.74, 6) is 0.438. The number of likely N-dealkylation sites (tertiary alicyclic amines) is 1. The molecule has 30 heavy (non-hydrogen) atoms. The van der Waals surface area contributed by atoms with Crippen LogP contribution in [0.15, 0.2) is 24.7 Å². The van der Waals surface area contributed by atoms with Gasteiger partial charge >= 0.3 is 6.18 Å². The van der Waals surface area contributed by atoms with Gasteiger partial charge in [-0.1, -0.05) is 0 Å². The zero-order valence-corrected chi connectivity index (χ0v) is 16.5. The highest BCUT2D eigenvalue weighted by Crippen LogP contribution is 2.35. The molecule has 0 bridgehead atoms. The number of nitriles is 1. The quantitative estimate of drug-likeness (QED) is 0.706. The molecule has 1 aliphatic heterocycles. The Morgan fingerprint density at radius 1 is 1.23 bits per heavy atom. The van der Waals surface area contributed by atoms with Gasteiger partial charge in [0.25, 0.3) is 0 Å². The number of halogens is 3. The van der Waals surface area contributed by atoms with Crippen molar-refractivity contribution in [3.05, 3.63) is 35.8 Å². The second-order valence-corrected chi connectivity index (χ2v) is 7.51. The number of piperidine rings is 1. The van der Waals surface area contributed by atoms with E-state index >= 15 is 0 Å². The lowest BCUT2D eigenvalue weighted by Crippen LogP contribution is -2.42. The Morgan fingerprint density at radius 3 is 2.63 bits per heavy atom. The van der Waals surface area contributed by atoms with Gasteiger partial charge in [-0.25, -0.2) is 15.0 Å². The van der Waals surface area contributed by atoms with Crippen LogP contribution in [-0.4, -0.2) is 58.1 Å². The molecule has 4 rings (SSSR count). The number of nitrogens with one attached hydrogen (secondary N) is 1. The molecule has 4 heterocycles. The summed E-state index contributed by atoms with van der Waals surface area (Å²) in [5.41, 5.74) is 0.307. The molecule has 0 atom stereocenters. The Morgan fingerprint density at radius 2 is 1.97 bits per heavy atom. The molecule has 0 amide bonds. The lowest BCUT2D eigenvalue weighted by molar-refractivity contribution is -0.137. The molecule has 3 aromatic heterocycles. The van der Waals surface area contributed by atoms with Crippen LogP contribution in [0.3, 0.4) is 0 Å². The second-order valence-electron chi connectivity index (χ2n) is 7.51. The molecule has 0 aliphatic carbocycles. The van der Waals surface area contributed by atoms with Gasteiger partial charge in [-0.3, -0.25) is 0 Å². The Hall–Kier alpha value is -3.19. The second kappa shape index (κ2) is 7.57. The van der Waals surface area contributed by atoms with Crippen LogP contribution in [0.5, 0.6) is 0 Å². The standard InChI is InChI=1S/C20H20F3N7/c1-29-5-3-14(4-6-29)30(2)19-27-9-12(8-24)17(28-19)16-11-26-18-15(16)7-13(10-25-18)20(21,22)23/h7,9-11,14H,3-6H2,1-2H3,(H,25,26). The lowest BCUT2D eigenvalue weighted by Gasteiger charge is -2.35. The van der Waals surface area contributed by atoms with Crippen molar-refractivity contribution in [3.8, 4) is 17.3 Å². The minimum Gasteiger partial charge on any atom is -0.345 e. The summed E-state index contributed by atoms with van der Waals surface area (Å²) in [4.78, 5) is 19.9. The maximum atomic E-state index is 13.2. The number of fused-ring (bicyclic) bond motifs is 1. The highest BCUT2D eigenvalue weighted by Gasteiger charge is 2.32. The molecule has 0 aromatic carbocycles. The molecule has 7 nitrogen and oxygen atoms in total. The van der Waals surface area contributed by atoms with Crippen LogP contribution in [0, 0.1) is 11.3 Å². The number of pyridine rings is 1. The largest absolute Gasteiger partial charge is 0.417 e. The normalized spacial score (nSPS) is 16.0. The summed E-state index contributed by atoms with van der Waals surface area (Å²) in [6.07, 6.45) is 1.13. The van der Waals surface area contributed by atoms with Gasteiger partial charge in [-0.15, -0.1) is 0 Å². The first-order valence-corrected chi connectivity index (χ1v) is 9.51. The van der Waals surface area contributed by atoms with Crippen LogP contribution < -0.4 is 4.90 Å². The van der Waals surface area contributed by atoms with Crippen molar-refractivity contribution in [2.75, 3.05) is 32.1 Å². The van der Waals surface area contributed by atoms with E-state index in [0.29, 0.717) is 17.2 Å². The Labute approximate surface area is 171 Å². The SMILES string of the molecule is CN1CCC(N(C)c2ncc(C#N)c(-c3c[nH]c4ncc(C(F)(F)F)cc34)n2)CC1. The molecule has 1 aliphatic rings. The van der Waals surface area contributed by atoms with Crippen molar-refractivity contribution >= 4 is 17.0 Å². The topological polar surface area (TPSA) is 84.7 Å². The van der Waals surface area contributed by atoms with Gasteiger partial charge in [-0.05, 0) is 39.0 Å². The van der Waals surface area contributed by atoms with Gasteiger partial charge in [0, 0.05) is 36.4 Å². The fourth-order valence-corrected chi connectivity index (χ4v) is 3.73. The molecule has 1 fully saturated rings. The predicted molar refractivity (Wildman–Crippen MR) is 106 cm³/mol. The van der Waals surface area contributed by atoms with Crippen LogP contribution in [0.1, 0.15) is 24.0 Å². The van der Waals surface area contributed by atoms with E-state index in [9.17, 15) is 18.4 Å². The zero-order valence-electron chi connectivity index (χ0n) is 16.5. The molecular formula is C20H20F3N7. The molecular weight excluding hydrogens is 395 g/mol. The first-order chi connectivity index (χ1) is 14.3. The molecule has 0 radical (unpaired) electrons. The van der Waals surface area contributed by atoms with Crippen molar-refractivity contribution in [2.24, 2.45) is 0 Å². The van der Waals surface area contributed by atoms with Crippen LogP contribution in [0.2, 0.25) is 0 Å². The van der Waals surface area contributed by atoms with Crippen molar-refractivity contribution in [1.29, 1.82) is 5.26 Å². The smallest absolute Gasteiger partial charge is 0.345 e. The zero-order chi connectivity index (χ0) is 21.5. The minimum absolute atomic E-state index is 0.189. The maximum Gasteiger partial charge on any atom is 0.417 e. The average molecular weight is 415 g/mol. The molecule has 156 valence electrons. The fraction of sp³-hybridized carbons (Fsp3) is 0.400. The summed E-state index contributed by atoms with van der Waals surface area (Å²) in [5, 5.41) is 9.78. The first-order valence-electron chi connectivity index (χ1n) is 9.51. The van der Waals surface area contributed by atoms with Crippen molar-refractivity contribution in [3.63, 3.8) is 0 Å². The van der Waals surface area contributed by atoms with Crippen LogP contribution >= 0.6 is 0 Å². The number of anilines is 1. The van der Waals surface area contributed by atoms with Gasteiger partial charge in [0.15, 0.2) is 0 Å². The van der Waals surface area contributed by atoms with E-state index in [1.54, 1.807) is 0 Å². The van der Waals surface area contributed by atoms with Gasteiger partial charge in [0.05, 0.1) is 23.0 Å². The van der Waals surface area contributed by atoms with Crippen molar-refractivity contribution < 1.29 is 13.2 Å². The minimum atomic E-state index is -4.51. The van der Waals surface area contributed by atoms with E-state index in [2.05, 4.69) is 31.9 Å². The van der Waals surface area contributed by atoms with E-state index in [1.165, 1.54) is 12.4 Å². The Kier molecular flexibility index (Phi) is 5.07. The highest BCUT2D eigenvalue weighted by atomic mass is 19.4. The number of hydrogen-bond acceptors (Lipinski definition) is 6. The summed E-state index contributed by atoms with van der Waals surface area (Å²) in [6, 6.07) is 3.32. The van der Waals surface area contributed by atoms with Crippen molar-refractivity contribution in [1.82, 2.24) is 24.8 Å². The maximum absolute atomic E-state index is 13.2. The number of nitrogens with zero attached hydrogens (tertiary/aromatic N) is 6. The predicted octanol–water partition coefficient (Wildman–Crippen LogP) is 3.44. The van der Waals surface area contributed by atoms with E-state index in [-0.39, 0.29) is 22.7 Å². The molecule has 10 heteroatoms.